The molecule has 2 heterocycles. The Balaban J connectivity index is 1.69. The minimum Gasteiger partial charge on any atom is -0.394 e. The van der Waals surface area contributed by atoms with Crippen LogP contribution in [0.3, 0.4) is 0 Å². The first-order valence-electron chi connectivity index (χ1n) is 8.10. The second kappa shape index (κ2) is 7.29. The van der Waals surface area contributed by atoms with Crippen LogP contribution < -0.4 is 4.90 Å². The third-order valence-corrected chi connectivity index (χ3v) is 4.67. The summed E-state index contributed by atoms with van der Waals surface area (Å²) in [6.07, 6.45) is 0.689. The molecule has 0 radical (unpaired) electrons. The van der Waals surface area contributed by atoms with Gasteiger partial charge in [-0.25, -0.2) is 0 Å². The lowest BCUT2D eigenvalue weighted by Crippen LogP contribution is -2.38. The van der Waals surface area contributed by atoms with Gasteiger partial charge in [0.15, 0.2) is 0 Å². The highest BCUT2D eigenvalue weighted by Gasteiger charge is 2.35. The van der Waals surface area contributed by atoms with Crippen LogP contribution in [0.2, 0.25) is 0 Å². The van der Waals surface area contributed by atoms with Crippen LogP contribution in [-0.2, 0) is 9.47 Å². The van der Waals surface area contributed by atoms with Crippen molar-refractivity contribution in [2.75, 3.05) is 51.5 Å². The molecule has 2 aliphatic heterocycles. The molecule has 6 nitrogen and oxygen atoms in total. The first-order chi connectivity index (χ1) is 11.2. The molecule has 0 saturated carbocycles. The molecule has 0 spiro atoms. The van der Waals surface area contributed by atoms with Crippen LogP contribution in [0, 0.1) is 0 Å². The number of benzene rings is 1. The first-order valence-corrected chi connectivity index (χ1v) is 8.10. The van der Waals surface area contributed by atoms with Gasteiger partial charge in [-0.15, -0.1) is 0 Å². The quantitative estimate of drug-likeness (QED) is 0.887. The molecule has 1 N–H and O–H groups in total. The molecule has 1 amide bonds. The predicted molar refractivity (Wildman–Crippen MR) is 86.8 cm³/mol. The number of aliphatic hydroxyl groups is 1. The van der Waals surface area contributed by atoms with Crippen molar-refractivity contribution in [1.29, 1.82) is 0 Å². The number of nitrogens with zero attached hydrogens (tertiary/aromatic N) is 2. The van der Waals surface area contributed by atoms with Gasteiger partial charge in [0.05, 0.1) is 32.0 Å². The molecule has 6 heteroatoms. The van der Waals surface area contributed by atoms with Crippen molar-refractivity contribution in [1.82, 2.24) is 4.90 Å². The molecule has 23 heavy (non-hydrogen) atoms. The van der Waals surface area contributed by atoms with Crippen LogP contribution >= 0.6 is 0 Å². The van der Waals surface area contributed by atoms with Crippen LogP contribution in [0.4, 0.5) is 5.69 Å². The number of methoxy groups -OCH3 is 1. The van der Waals surface area contributed by atoms with Gasteiger partial charge in [0, 0.05) is 38.0 Å². The van der Waals surface area contributed by atoms with Crippen LogP contribution in [0.15, 0.2) is 24.3 Å². The van der Waals surface area contributed by atoms with Crippen LogP contribution in [0.5, 0.6) is 0 Å². The summed E-state index contributed by atoms with van der Waals surface area (Å²) in [5.74, 6) is -0.0443. The number of anilines is 1. The van der Waals surface area contributed by atoms with Gasteiger partial charge >= 0.3 is 0 Å². The van der Waals surface area contributed by atoms with E-state index in [0.717, 1.165) is 32.0 Å². The Bertz CT molecular complexity index is 528. The largest absolute Gasteiger partial charge is 0.394 e. The Morgan fingerprint density at radius 1 is 1.30 bits per heavy atom. The fourth-order valence-electron chi connectivity index (χ4n) is 3.27. The maximum atomic E-state index is 12.7. The number of hydrogen-bond donors (Lipinski definition) is 1. The van der Waals surface area contributed by atoms with Gasteiger partial charge in [0.25, 0.3) is 5.91 Å². The van der Waals surface area contributed by atoms with Crippen molar-refractivity contribution < 1.29 is 19.4 Å². The summed E-state index contributed by atoms with van der Waals surface area (Å²) in [6.45, 7) is 3.74. The monoisotopic (exact) mass is 320 g/mol. The van der Waals surface area contributed by atoms with E-state index in [4.69, 9.17) is 9.47 Å². The second-order valence-electron chi connectivity index (χ2n) is 6.03. The molecule has 0 bridgehead atoms. The van der Waals surface area contributed by atoms with E-state index >= 15 is 0 Å². The third kappa shape index (κ3) is 3.49. The molecular weight excluding hydrogens is 296 g/mol. The van der Waals surface area contributed by atoms with Crippen molar-refractivity contribution in [3.8, 4) is 0 Å². The van der Waals surface area contributed by atoms with Gasteiger partial charge in [-0.1, -0.05) is 0 Å². The summed E-state index contributed by atoms with van der Waals surface area (Å²) >= 11 is 0. The number of likely N-dealkylation sites (tertiary alicyclic amines) is 1. The molecule has 126 valence electrons. The Morgan fingerprint density at radius 2 is 2.00 bits per heavy atom. The van der Waals surface area contributed by atoms with Crippen molar-refractivity contribution in [2.24, 2.45) is 0 Å². The Labute approximate surface area is 136 Å². The smallest absolute Gasteiger partial charge is 0.254 e. The summed E-state index contributed by atoms with van der Waals surface area (Å²) in [5, 5.41) is 9.49. The molecule has 0 aliphatic carbocycles. The van der Waals surface area contributed by atoms with Gasteiger partial charge in [-0.05, 0) is 30.7 Å². The zero-order valence-corrected chi connectivity index (χ0v) is 13.5. The van der Waals surface area contributed by atoms with Crippen molar-refractivity contribution >= 4 is 11.6 Å². The van der Waals surface area contributed by atoms with E-state index in [9.17, 15) is 9.90 Å². The molecule has 0 aromatic heterocycles. The third-order valence-electron chi connectivity index (χ3n) is 4.67. The predicted octanol–water partition coefficient (Wildman–Crippen LogP) is 0.745. The van der Waals surface area contributed by atoms with E-state index in [1.54, 1.807) is 12.0 Å². The van der Waals surface area contributed by atoms with E-state index in [1.165, 1.54) is 0 Å². The molecule has 2 fully saturated rings. The molecule has 1 aromatic carbocycles. The van der Waals surface area contributed by atoms with E-state index < -0.39 is 0 Å². The average Bonchev–Trinajstić information content (AvgIpc) is 3.05. The summed E-state index contributed by atoms with van der Waals surface area (Å²) in [4.78, 5) is 16.7. The van der Waals surface area contributed by atoms with E-state index in [-0.39, 0.29) is 24.7 Å². The minimum absolute atomic E-state index is 0.00345. The summed E-state index contributed by atoms with van der Waals surface area (Å²) < 4.78 is 10.7. The maximum absolute atomic E-state index is 12.7. The first kappa shape index (κ1) is 16.2. The van der Waals surface area contributed by atoms with Gasteiger partial charge < -0.3 is 24.4 Å². The fourth-order valence-corrected chi connectivity index (χ4v) is 3.27. The van der Waals surface area contributed by atoms with Gasteiger partial charge in [-0.2, -0.15) is 0 Å². The number of amides is 1. The standard InChI is InChI=1S/C17H24N2O4/c1-22-16-10-15(12-20)19(11-16)17(21)13-2-4-14(5-3-13)18-6-8-23-9-7-18/h2-5,15-16,20H,6-12H2,1H3/t15-,16-/m0/s1. The molecule has 1 aromatic rings. The lowest BCUT2D eigenvalue weighted by Gasteiger charge is -2.29. The summed E-state index contributed by atoms with van der Waals surface area (Å²) in [6, 6.07) is 7.53. The lowest BCUT2D eigenvalue weighted by molar-refractivity contribution is 0.0648. The number of rotatable bonds is 4. The topological polar surface area (TPSA) is 62.2 Å². The van der Waals surface area contributed by atoms with E-state index in [0.29, 0.717) is 18.5 Å². The van der Waals surface area contributed by atoms with E-state index in [2.05, 4.69) is 4.90 Å². The normalized spacial score (nSPS) is 25.0. The van der Waals surface area contributed by atoms with Crippen molar-refractivity contribution in [3.63, 3.8) is 0 Å². The highest BCUT2D eigenvalue weighted by molar-refractivity contribution is 5.95. The van der Waals surface area contributed by atoms with E-state index in [1.807, 2.05) is 24.3 Å². The number of carbonyl (C=O) groups excluding carboxylic acids is 1. The molecule has 3 rings (SSSR count). The number of ether oxygens (including phenoxy) is 2. The fraction of sp³-hybridized carbons (Fsp3) is 0.588. The Kier molecular flexibility index (Phi) is 5.15. The van der Waals surface area contributed by atoms with Crippen molar-refractivity contribution in [3.05, 3.63) is 29.8 Å². The van der Waals surface area contributed by atoms with Crippen molar-refractivity contribution in [2.45, 2.75) is 18.6 Å². The average molecular weight is 320 g/mol. The SMILES string of the molecule is CO[C@H]1C[C@@H](CO)N(C(=O)c2ccc(N3CCOCC3)cc2)C1. The number of hydrogen-bond acceptors (Lipinski definition) is 5. The van der Waals surface area contributed by atoms with Crippen LogP contribution in [0.25, 0.3) is 0 Å². The molecule has 0 unspecified atom stereocenters. The van der Waals surface area contributed by atoms with Gasteiger partial charge in [0.1, 0.15) is 0 Å². The molecular formula is C17H24N2O4. The Hall–Kier alpha value is -1.63. The second-order valence-corrected chi connectivity index (χ2v) is 6.03. The van der Waals surface area contributed by atoms with Gasteiger partial charge in [-0.3, -0.25) is 4.79 Å². The molecule has 2 aliphatic rings. The van der Waals surface area contributed by atoms with Gasteiger partial charge in [0.2, 0.25) is 0 Å². The zero-order chi connectivity index (χ0) is 16.2. The zero-order valence-electron chi connectivity index (χ0n) is 13.5. The minimum atomic E-state index is -0.161. The number of morpholine rings is 1. The summed E-state index contributed by atoms with van der Waals surface area (Å²) in [7, 11) is 1.64. The molecule has 2 saturated heterocycles. The highest BCUT2D eigenvalue weighted by Crippen LogP contribution is 2.23. The lowest BCUT2D eigenvalue weighted by atomic mass is 10.1. The van der Waals surface area contributed by atoms with Crippen LogP contribution in [0.1, 0.15) is 16.8 Å². The molecule has 2 atom stereocenters. The Morgan fingerprint density at radius 3 is 2.61 bits per heavy atom. The van der Waals surface area contributed by atoms with Crippen LogP contribution in [-0.4, -0.2) is 74.6 Å². The number of carbonyl (C=O) groups is 1. The number of aliphatic hydroxyl groups excluding tert-OH is 1. The summed E-state index contributed by atoms with van der Waals surface area (Å²) in [5.41, 5.74) is 1.76. The maximum Gasteiger partial charge on any atom is 0.254 e. The highest BCUT2D eigenvalue weighted by atomic mass is 16.5.